The lowest BCUT2D eigenvalue weighted by Crippen LogP contribution is -2.42. The summed E-state index contributed by atoms with van der Waals surface area (Å²) in [5.74, 6) is 1.45. The van der Waals surface area contributed by atoms with E-state index in [1.54, 1.807) is 7.11 Å². The summed E-state index contributed by atoms with van der Waals surface area (Å²) >= 11 is 0. The first-order valence-electron chi connectivity index (χ1n) is 9.76. The molecule has 2 aliphatic rings. The average molecular weight is 364 g/mol. The van der Waals surface area contributed by atoms with Gasteiger partial charge >= 0.3 is 0 Å². The lowest BCUT2D eigenvalue weighted by atomic mass is 10.1. The van der Waals surface area contributed by atoms with Gasteiger partial charge in [-0.2, -0.15) is 0 Å². The Morgan fingerprint density at radius 3 is 2.77 bits per heavy atom. The number of hydrogen-bond donors (Lipinski definition) is 2. The van der Waals surface area contributed by atoms with Crippen LogP contribution in [0.25, 0.3) is 0 Å². The zero-order valence-corrected chi connectivity index (χ0v) is 15.8. The van der Waals surface area contributed by atoms with Crippen LogP contribution in [0.3, 0.4) is 0 Å². The molecule has 6 nitrogen and oxygen atoms in total. The summed E-state index contributed by atoms with van der Waals surface area (Å²) < 4.78 is 16.8. The Morgan fingerprint density at radius 2 is 2.04 bits per heavy atom. The Labute approximate surface area is 156 Å². The van der Waals surface area contributed by atoms with Crippen molar-refractivity contribution in [1.29, 1.82) is 0 Å². The molecule has 0 bridgehead atoms. The second kappa shape index (κ2) is 10.1. The predicted molar refractivity (Wildman–Crippen MR) is 101 cm³/mol. The minimum absolute atomic E-state index is 0.258. The third kappa shape index (κ3) is 5.58. The molecule has 2 N–H and O–H groups in total. The topological polar surface area (TPSA) is 63.2 Å². The minimum atomic E-state index is -0.534. The number of aliphatic hydroxyl groups is 1. The van der Waals surface area contributed by atoms with Crippen molar-refractivity contribution in [3.8, 4) is 11.5 Å². The van der Waals surface area contributed by atoms with Gasteiger partial charge in [0.2, 0.25) is 0 Å². The molecule has 0 spiro atoms. The van der Waals surface area contributed by atoms with E-state index in [0.29, 0.717) is 18.3 Å². The highest BCUT2D eigenvalue weighted by Crippen LogP contribution is 2.31. The maximum absolute atomic E-state index is 10.4. The molecule has 1 aliphatic carbocycles. The summed E-state index contributed by atoms with van der Waals surface area (Å²) in [4.78, 5) is 2.21. The number of β-amino-alcohol motifs (C(OH)–C–C–N with tert-alkyl or cyclic N) is 1. The Bertz CT molecular complexity index is 543. The summed E-state index contributed by atoms with van der Waals surface area (Å²) in [5, 5.41) is 14.0. The molecule has 146 valence electrons. The molecule has 6 heteroatoms. The van der Waals surface area contributed by atoms with Gasteiger partial charge in [0.1, 0.15) is 12.7 Å². The van der Waals surface area contributed by atoms with E-state index in [2.05, 4.69) is 16.3 Å². The lowest BCUT2D eigenvalue weighted by molar-refractivity contribution is 0.00436. The number of methoxy groups -OCH3 is 1. The van der Waals surface area contributed by atoms with Crippen LogP contribution in [0, 0.1) is 0 Å². The predicted octanol–water partition coefficient (Wildman–Crippen LogP) is 1.80. The van der Waals surface area contributed by atoms with Crippen LogP contribution in [0.5, 0.6) is 11.5 Å². The van der Waals surface area contributed by atoms with Crippen molar-refractivity contribution in [2.24, 2.45) is 0 Å². The summed E-state index contributed by atoms with van der Waals surface area (Å²) in [6, 6.07) is 6.55. The van der Waals surface area contributed by atoms with E-state index in [0.717, 1.165) is 44.2 Å². The number of rotatable bonds is 9. The van der Waals surface area contributed by atoms with Crippen LogP contribution >= 0.6 is 0 Å². The molecule has 1 atom stereocenters. The number of aliphatic hydroxyl groups excluding tert-OH is 1. The fraction of sp³-hybridized carbons (Fsp3) is 0.700. The summed E-state index contributed by atoms with van der Waals surface area (Å²) in [7, 11) is 1.65. The lowest BCUT2D eigenvalue weighted by Gasteiger charge is -2.28. The second-order valence-electron chi connectivity index (χ2n) is 7.19. The van der Waals surface area contributed by atoms with E-state index in [9.17, 15) is 5.11 Å². The van der Waals surface area contributed by atoms with Gasteiger partial charge in [-0.15, -0.1) is 0 Å². The van der Waals surface area contributed by atoms with E-state index in [-0.39, 0.29) is 6.61 Å². The van der Waals surface area contributed by atoms with Gasteiger partial charge in [0, 0.05) is 37.8 Å². The molecule has 26 heavy (non-hydrogen) atoms. The highest BCUT2D eigenvalue weighted by molar-refractivity contribution is 5.46. The number of benzene rings is 1. The van der Waals surface area contributed by atoms with Gasteiger partial charge in [0.25, 0.3) is 0 Å². The number of nitrogens with zero attached hydrogens (tertiary/aromatic N) is 1. The Kier molecular flexibility index (Phi) is 7.55. The zero-order chi connectivity index (χ0) is 18.2. The molecular formula is C20H32N2O4. The molecule has 1 aromatic rings. The molecule has 0 radical (unpaired) electrons. The molecule has 1 aliphatic heterocycles. The summed E-state index contributed by atoms with van der Waals surface area (Å²) in [6.07, 6.45) is 4.59. The van der Waals surface area contributed by atoms with Crippen LogP contribution in [0.2, 0.25) is 0 Å². The zero-order valence-electron chi connectivity index (χ0n) is 15.8. The molecule has 1 heterocycles. The second-order valence-corrected chi connectivity index (χ2v) is 7.19. The number of morpholine rings is 1. The van der Waals surface area contributed by atoms with Crippen molar-refractivity contribution in [1.82, 2.24) is 10.2 Å². The van der Waals surface area contributed by atoms with Crippen LogP contribution in [0.1, 0.15) is 31.2 Å². The van der Waals surface area contributed by atoms with E-state index in [1.807, 2.05) is 12.1 Å². The van der Waals surface area contributed by atoms with Gasteiger partial charge < -0.3 is 24.6 Å². The maximum Gasteiger partial charge on any atom is 0.165 e. The molecule has 1 saturated heterocycles. The molecule has 1 saturated carbocycles. The molecule has 3 rings (SSSR count). The number of para-hydroxylation sites is 1. The van der Waals surface area contributed by atoms with Crippen molar-refractivity contribution in [3.05, 3.63) is 23.8 Å². The largest absolute Gasteiger partial charge is 0.493 e. The normalized spacial score (nSPS) is 20.2. The van der Waals surface area contributed by atoms with Gasteiger partial charge in [0.05, 0.1) is 20.3 Å². The quantitative estimate of drug-likeness (QED) is 0.697. The first-order chi connectivity index (χ1) is 12.8. The molecular weight excluding hydrogens is 332 g/mol. The van der Waals surface area contributed by atoms with Gasteiger partial charge in [-0.1, -0.05) is 25.0 Å². The maximum atomic E-state index is 10.4. The Balaban J connectivity index is 1.55. The standard InChI is InChI=1S/C20H32N2O4/c1-24-19-8-4-5-16(13-21-17-6-2-3-7-17)20(19)26-15-18(23)14-22-9-11-25-12-10-22/h4-5,8,17-18,21,23H,2-3,6-7,9-15H2,1H3. The van der Waals surface area contributed by atoms with Crippen molar-refractivity contribution in [2.75, 3.05) is 46.6 Å². The average Bonchev–Trinajstić information content (AvgIpc) is 3.19. The monoisotopic (exact) mass is 364 g/mol. The summed E-state index contributed by atoms with van der Waals surface area (Å²) in [5.41, 5.74) is 1.08. The first-order valence-corrected chi connectivity index (χ1v) is 9.76. The highest BCUT2D eigenvalue weighted by atomic mass is 16.5. The van der Waals surface area contributed by atoms with Crippen molar-refractivity contribution >= 4 is 0 Å². The molecule has 0 aromatic heterocycles. The smallest absolute Gasteiger partial charge is 0.165 e. The Hall–Kier alpha value is -1.34. The van der Waals surface area contributed by atoms with Gasteiger partial charge in [-0.05, 0) is 18.9 Å². The van der Waals surface area contributed by atoms with Crippen LogP contribution in [0.15, 0.2) is 18.2 Å². The third-order valence-corrected chi connectivity index (χ3v) is 5.21. The molecule has 2 fully saturated rings. The van der Waals surface area contributed by atoms with Gasteiger partial charge in [0.15, 0.2) is 11.5 Å². The molecule has 1 unspecified atom stereocenters. The summed E-state index contributed by atoms with van der Waals surface area (Å²) in [6.45, 7) is 4.82. The van der Waals surface area contributed by atoms with E-state index < -0.39 is 6.10 Å². The van der Waals surface area contributed by atoms with Crippen molar-refractivity contribution in [2.45, 2.75) is 44.4 Å². The van der Waals surface area contributed by atoms with Crippen LogP contribution < -0.4 is 14.8 Å². The van der Waals surface area contributed by atoms with Crippen LogP contribution in [0.4, 0.5) is 0 Å². The fourth-order valence-electron chi connectivity index (χ4n) is 3.72. The number of nitrogens with one attached hydrogen (secondary N) is 1. The van der Waals surface area contributed by atoms with Crippen LogP contribution in [-0.2, 0) is 11.3 Å². The van der Waals surface area contributed by atoms with E-state index in [1.165, 1.54) is 25.7 Å². The van der Waals surface area contributed by atoms with Crippen LogP contribution in [-0.4, -0.2) is 68.7 Å². The third-order valence-electron chi connectivity index (χ3n) is 5.21. The molecule has 0 amide bonds. The fourth-order valence-corrected chi connectivity index (χ4v) is 3.72. The SMILES string of the molecule is COc1cccc(CNC2CCCC2)c1OCC(O)CN1CCOCC1. The first kappa shape index (κ1) is 19.4. The number of hydrogen-bond acceptors (Lipinski definition) is 6. The van der Waals surface area contributed by atoms with Gasteiger partial charge in [-0.3, -0.25) is 4.90 Å². The van der Waals surface area contributed by atoms with Crippen molar-refractivity contribution < 1.29 is 19.3 Å². The Morgan fingerprint density at radius 1 is 1.27 bits per heavy atom. The van der Waals surface area contributed by atoms with Gasteiger partial charge in [-0.25, -0.2) is 0 Å². The minimum Gasteiger partial charge on any atom is -0.493 e. The number of ether oxygens (including phenoxy) is 3. The highest BCUT2D eigenvalue weighted by Gasteiger charge is 2.19. The van der Waals surface area contributed by atoms with E-state index in [4.69, 9.17) is 14.2 Å². The van der Waals surface area contributed by atoms with E-state index >= 15 is 0 Å². The van der Waals surface area contributed by atoms with Crippen molar-refractivity contribution in [3.63, 3.8) is 0 Å². The molecule has 1 aromatic carbocycles.